The molecule has 9 heteroatoms. The van der Waals surface area contributed by atoms with Gasteiger partial charge in [0.05, 0.1) is 25.3 Å². The summed E-state index contributed by atoms with van der Waals surface area (Å²) in [6.07, 6.45) is 0. The SMILES string of the molecule is COc1ccc(NC(=O)[C@@H](C)n2nc(C)c3c(C)onc3c2=O)cc1OC. The predicted molar refractivity (Wildman–Crippen MR) is 98.4 cm³/mol. The van der Waals surface area contributed by atoms with Crippen LogP contribution in [0.5, 0.6) is 11.5 Å². The third-order valence-corrected chi connectivity index (χ3v) is 4.29. The molecular formula is C18H20N4O5. The van der Waals surface area contributed by atoms with Gasteiger partial charge in [0.15, 0.2) is 17.0 Å². The van der Waals surface area contributed by atoms with Gasteiger partial charge in [-0.2, -0.15) is 5.10 Å². The summed E-state index contributed by atoms with van der Waals surface area (Å²) < 4.78 is 16.6. The molecule has 0 aliphatic heterocycles. The van der Waals surface area contributed by atoms with Crippen LogP contribution in [0.15, 0.2) is 27.5 Å². The Balaban J connectivity index is 1.91. The van der Waals surface area contributed by atoms with Crippen molar-refractivity contribution < 1.29 is 18.8 Å². The summed E-state index contributed by atoms with van der Waals surface area (Å²) >= 11 is 0. The van der Waals surface area contributed by atoms with Crippen LogP contribution < -0.4 is 20.3 Å². The monoisotopic (exact) mass is 372 g/mol. The minimum absolute atomic E-state index is 0.158. The number of methoxy groups -OCH3 is 2. The fourth-order valence-electron chi connectivity index (χ4n) is 2.84. The van der Waals surface area contributed by atoms with Crippen molar-refractivity contribution in [2.24, 2.45) is 0 Å². The molecule has 0 aliphatic carbocycles. The number of hydrogen-bond acceptors (Lipinski definition) is 7. The van der Waals surface area contributed by atoms with Crippen molar-refractivity contribution in [2.75, 3.05) is 19.5 Å². The van der Waals surface area contributed by atoms with Crippen molar-refractivity contribution in [1.82, 2.24) is 14.9 Å². The first-order valence-electron chi connectivity index (χ1n) is 8.25. The van der Waals surface area contributed by atoms with E-state index in [-0.39, 0.29) is 5.52 Å². The predicted octanol–water partition coefficient (Wildman–Crippen LogP) is 2.22. The molecule has 0 bridgehead atoms. The molecule has 0 aliphatic rings. The van der Waals surface area contributed by atoms with Crippen molar-refractivity contribution >= 4 is 22.5 Å². The third kappa shape index (κ3) is 3.23. The average molecular weight is 372 g/mol. The lowest BCUT2D eigenvalue weighted by molar-refractivity contribution is -0.119. The van der Waals surface area contributed by atoms with E-state index in [1.165, 1.54) is 14.2 Å². The lowest BCUT2D eigenvalue weighted by Gasteiger charge is -2.15. The van der Waals surface area contributed by atoms with Gasteiger partial charge in [0.25, 0.3) is 5.56 Å². The van der Waals surface area contributed by atoms with E-state index >= 15 is 0 Å². The molecule has 1 atom stereocenters. The van der Waals surface area contributed by atoms with E-state index in [9.17, 15) is 9.59 Å². The number of hydrogen-bond donors (Lipinski definition) is 1. The molecule has 1 amide bonds. The number of carbonyl (C=O) groups is 1. The Morgan fingerprint density at radius 1 is 1.22 bits per heavy atom. The topological polar surface area (TPSA) is 108 Å². The van der Waals surface area contributed by atoms with Gasteiger partial charge in [0.1, 0.15) is 11.8 Å². The van der Waals surface area contributed by atoms with Gasteiger partial charge in [0, 0.05) is 11.8 Å². The molecule has 0 spiro atoms. The third-order valence-electron chi connectivity index (χ3n) is 4.29. The smallest absolute Gasteiger partial charge is 0.297 e. The highest BCUT2D eigenvalue weighted by molar-refractivity contribution is 5.94. The van der Waals surface area contributed by atoms with Crippen molar-refractivity contribution in [2.45, 2.75) is 26.8 Å². The Bertz CT molecular complexity index is 1070. The van der Waals surface area contributed by atoms with Crippen LogP contribution in [-0.4, -0.2) is 35.1 Å². The number of carbonyl (C=O) groups excluding carboxylic acids is 1. The fraction of sp³-hybridized carbons (Fsp3) is 0.333. The summed E-state index contributed by atoms with van der Waals surface area (Å²) in [5, 5.41) is 11.4. The second kappa shape index (κ2) is 7.10. The summed E-state index contributed by atoms with van der Waals surface area (Å²) in [7, 11) is 3.04. The molecule has 0 unspecified atom stereocenters. The number of benzene rings is 1. The first-order chi connectivity index (χ1) is 12.9. The van der Waals surface area contributed by atoms with Gasteiger partial charge < -0.3 is 19.3 Å². The van der Waals surface area contributed by atoms with Crippen LogP contribution in [0.4, 0.5) is 5.69 Å². The maximum absolute atomic E-state index is 12.6. The minimum Gasteiger partial charge on any atom is -0.493 e. The Hall–Kier alpha value is -3.36. The van der Waals surface area contributed by atoms with Crippen molar-refractivity contribution in [3.05, 3.63) is 40.0 Å². The van der Waals surface area contributed by atoms with Crippen LogP contribution >= 0.6 is 0 Å². The summed E-state index contributed by atoms with van der Waals surface area (Å²) in [5.74, 6) is 1.13. The largest absolute Gasteiger partial charge is 0.493 e. The fourth-order valence-corrected chi connectivity index (χ4v) is 2.84. The van der Waals surface area contributed by atoms with Crippen molar-refractivity contribution in [3.63, 3.8) is 0 Å². The molecule has 1 aromatic carbocycles. The molecule has 0 fully saturated rings. The van der Waals surface area contributed by atoms with Crippen LogP contribution in [0, 0.1) is 13.8 Å². The van der Waals surface area contributed by atoms with Gasteiger partial charge in [-0.1, -0.05) is 5.16 Å². The Kier molecular flexibility index (Phi) is 4.85. The van der Waals surface area contributed by atoms with Crippen molar-refractivity contribution in [3.8, 4) is 11.5 Å². The molecule has 3 rings (SSSR count). The lowest BCUT2D eigenvalue weighted by atomic mass is 10.2. The number of amides is 1. The van der Waals surface area contributed by atoms with Crippen LogP contribution in [-0.2, 0) is 4.79 Å². The maximum Gasteiger partial charge on any atom is 0.297 e. The molecule has 27 heavy (non-hydrogen) atoms. The number of nitrogens with zero attached hydrogens (tertiary/aromatic N) is 3. The molecule has 0 saturated carbocycles. The molecular weight excluding hydrogens is 352 g/mol. The molecule has 3 aromatic rings. The average Bonchev–Trinajstić information content (AvgIpc) is 3.06. The molecule has 1 N–H and O–H groups in total. The normalized spacial score (nSPS) is 12.0. The van der Waals surface area contributed by atoms with E-state index in [2.05, 4.69) is 15.6 Å². The van der Waals surface area contributed by atoms with Gasteiger partial charge in [-0.3, -0.25) is 9.59 Å². The Morgan fingerprint density at radius 3 is 2.59 bits per heavy atom. The van der Waals surface area contributed by atoms with Crippen LogP contribution in [0.2, 0.25) is 0 Å². The van der Waals surface area contributed by atoms with Crippen LogP contribution in [0.25, 0.3) is 10.9 Å². The number of nitrogens with one attached hydrogen (secondary N) is 1. The number of aromatic nitrogens is 3. The highest BCUT2D eigenvalue weighted by Gasteiger charge is 2.22. The second-order valence-electron chi connectivity index (χ2n) is 6.03. The highest BCUT2D eigenvalue weighted by Crippen LogP contribution is 2.30. The summed E-state index contributed by atoms with van der Waals surface area (Å²) in [6.45, 7) is 5.03. The number of anilines is 1. The number of rotatable bonds is 5. The van der Waals surface area contributed by atoms with E-state index < -0.39 is 17.5 Å². The number of aryl methyl sites for hydroxylation is 2. The molecule has 2 heterocycles. The van der Waals surface area contributed by atoms with E-state index in [4.69, 9.17) is 14.0 Å². The quantitative estimate of drug-likeness (QED) is 0.731. The highest BCUT2D eigenvalue weighted by atomic mass is 16.5. The first kappa shape index (κ1) is 18.4. The van der Waals surface area contributed by atoms with E-state index in [0.717, 1.165) is 4.68 Å². The van der Waals surface area contributed by atoms with Crippen LogP contribution in [0.3, 0.4) is 0 Å². The number of fused-ring (bicyclic) bond motifs is 1. The minimum atomic E-state index is -0.856. The number of ether oxygens (including phenoxy) is 2. The molecule has 0 radical (unpaired) electrons. The maximum atomic E-state index is 12.6. The van der Waals surface area contributed by atoms with Gasteiger partial charge in [-0.15, -0.1) is 0 Å². The molecule has 142 valence electrons. The zero-order valence-corrected chi connectivity index (χ0v) is 15.7. The molecule has 9 nitrogen and oxygen atoms in total. The molecule has 2 aromatic heterocycles. The van der Waals surface area contributed by atoms with Crippen LogP contribution in [0.1, 0.15) is 24.4 Å². The Morgan fingerprint density at radius 2 is 1.93 bits per heavy atom. The Labute approximate surface area is 154 Å². The summed E-state index contributed by atoms with van der Waals surface area (Å²) in [6, 6.07) is 4.13. The van der Waals surface area contributed by atoms with Crippen molar-refractivity contribution in [1.29, 1.82) is 0 Å². The zero-order valence-electron chi connectivity index (χ0n) is 15.7. The van der Waals surface area contributed by atoms with Gasteiger partial charge >= 0.3 is 0 Å². The summed E-state index contributed by atoms with van der Waals surface area (Å²) in [4.78, 5) is 25.3. The zero-order chi connectivity index (χ0) is 19.7. The molecule has 0 saturated heterocycles. The van der Waals surface area contributed by atoms with Gasteiger partial charge in [-0.05, 0) is 32.9 Å². The second-order valence-corrected chi connectivity index (χ2v) is 6.03. The van der Waals surface area contributed by atoms with E-state index in [1.54, 1.807) is 39.0 Å². The lowest BCUT2D eigenvalue weighted by Crippen LogP contribution is -2.34. The summed E-state index contributed by atoms with van der Waals surface area (Å²) in [5.41, 5.74) is 0.745. The van der Waals surface area contributed by atoms with Gasteiger partial charge in [-0.25, -0.2) is 4.68 Å². The van der Waals surface area contributed by atoms with Gasteiger partial charge in [0.2, 0.25) is 5.91 Å². The first-order valence-corrected chi connectivity index (χ1v) is 8.25. The van der Waals surface area contributed by atoms with E-state index in [1.807, 2.05) is 0 Å². The standard InChI is InChI=1S/C18H20N4O5/c1-9-15-11(3)27-21-16(15)18(24)22(20-9)10(2)17(23)19-12-6-7-13(25-4)14(8-12)26-5/h6-8,10H,1-5H3,(H,19,23)/t10-/m1/s1. The van der Waals surface area contributed by atoms with E-state index in [0.29, 0.717) is 34.0 Å².